The van der Waals surface area contributed by atoms with Gasteiger partial charge in [-0.05, 0) is 30.6 Å². The predicted molar refractivity (Wildman–Crippen MR) is 105 cm³/mol. The van der Waals surface area contributed by atoms with E-state index in [0.29, 0.717) is 0 Å². The summed E-state index contributed by atoms with van der Waals surface area (Å²) >= 11 is 0. The SMILES string of the molecule is C=C/C=C\C(=C/C=C)C(C(/C=C\C)=C/C=C\C)c1ccccc1. The quantitative estimate of drug-likeness (QED) is 0.468. The summed E-state index contributed by atoms with van der Waals surface area (Å²) in [4.78, 5) is 0. The molecule has 1 aromatic rings. The van der Waals surface area contributed by atoms with Gasteiger partial charge in [0, 0.05) is 5.92 Å². The minimum Gasteiger partial charge on any atom is -0.0991 e. The molecule has 0 saturated heterocycles. The van der Waals surface area contributed by atoms with E-state index in [4.69, 9.17) is 0 Å². The summed E-state index contributed by atoms with van der Waals surface area (Å²) in [6.45, 7) is 11.7. The van der Waals surface area contributed by atoms with Gasteiger partial charge in [-0.25, -0.2) is 0 Å². The van der Waals surface area contributed by atoms with Crippen molar-refractivity contribution < 1.29 is 0 Å². The Morgan fingerprint density at radius 2 is 1.52 bits per heavy atom. The van der Waals surface area contributed by atoms with Crippen LogP contribution in [0.1, 0.15) is 25.3 Å². The van der Waals surface area contributed by atoms with Crippen LogP contribution in [0.25, 0.3) is 0 Å². The Morgan fingerprint density at radius 1 is 0.826 bits per heavy atom. The number of hydrogen-bond donors (Lipinski definition) is 0. The van der Waals surface area contributed by atoms with Gasteiger partial charge in [0.05, 0.1) is 0 Å². The molecule has 1 aromatic carbocycles. The van der Waals surface area contributed by atoms with Gasteiger partial charge in [-0.15, -0.1) is 0 Å². The van der Waals surface area contributed by atoms with E-state index in [1.165, 1.54) is 16.7 Å². The molecule has 23 heavy (non-hydrogen) atoms. The summed E-state index contributed by atoms with van der Waals surface area (Å²) < 4.78 is 0. The fourth-order valence-corrected chi connectivity index (χ4v) is 2.43. The molecular formula is C23H26. The van der Waals surface area contributed by atoms with Crippen molar-refractivity contribution in [2.45, 2.75) is 19.8 Å². The lowest BCUT2D eigenvalue weighted by Crippen LogP contribution is -2.04. The van der Waals surface area contributed by atoms with Crippen molar-refractivity contribution in [3.05, 3.63) is 121 Å². The third-order valence-corrected chi connectivity index (χ3v) is 3.37. The van der Waals surface area contributed by atoms with E-state index >= 15 is 0 Å². The Kier molecular flexibility index (Phi) is 8.85. The third-order valence-electron chi connectivity index (χ3n) is 3.37. The zero-order valence-corrected chi connectivity index (χ0v) is 14.2. The van der Waals surface area contributed by atoms with E-state index < -0.39 is 0 Å². The average molecular weight is 302 g/mol. The first-order valence-corrected chi connectivity index (χ1v) is 7.90. The monoisotopic (exact) mass is 302 g/mol. The molecule has 0 amide bonds. The molecule has 0 aliphatic carbocycles. The van der Waals surface area contributed by atoms with Gasteiger partial charge in [0.1, 0.15) is 0 Å². The van der Waals surface area contributed by atoms with Crippen LogP contribution in [0.2, 0.25) is 0 Å². The molecule has 0 N–H and O–H groups in total. The lowest BCUT2D eigenvalue weighted by molar-refractivity contribution is 0.976. The minimum atomic E-state index is 0.151. The van der Waals surface area contributed by atoms with Gasteiger partial charge >= 0.3 is 0 Å². The molecule has 0 saturated carbocycles. The maximum Gasteiger partial charge on any atom is 0.0339 e. The highest BCUT2D eigenvalue weighted by atomic mass is 14.2. The number of hydrogen-bond acceptors (Lipinski definition) is 0. The molecule has 0 nitrogen and oxygen atoms in total. The normalized spacial score (nSPS) is 14.7. The Hall–Kier alpha value is -2.60. The van der Waals surface area contributed by atoms with Crippen molar-refractivity contribution in [3.8, 4) is 0 Å². The molecule has 0 heterocycles. The number of benzene rings is 1. The maximum absolute atomic E-state index is 3.86. The third kappa shape index (κ3) is 5.96. The molecule has 0 heteroatoms. The summed E-state index contributed by atoms with van der Waals surface area (Å²) in [5.41, 5.74) is 3.67. The molecule has 0 bridgehead atoms. The summed E-state index contributed by atoms with van der Waals surface area (Å²) in [5.74, 6) is 0.151. The highest BCUT2D eigenvalue weighted by Gasteiger charge is 2.17. The lowest BCUT2D eigenvalue weighted by Gasteiger charge is -2.20. The van der Waals surface area contributed by atoms with Crippen LogP contribution < -0.4 is 0 Å². The van der Waals surface area contributed by atoms with Crippen LogP contribution in [0.3, 0.4) is 0 Å². The first-order valence-electron chi connectivity index (χ1n) is 7.90. The smallest absolute Gasteiger partial charge is 0.0339 e. The van der Waals surface area contributed by atoms with E-state index in [0.717, 1.165) is 0 Å². The second-order valence-electron chi connectivity index (χ2n) is 5.03. The zero-order valence-electron chi connectivity index (χ0n) is 14.2. The topological polar surface area (TPSA) is 0 Å². The van der Waals surface area contributed by atoms with Crippen LogP contribution in [0.15, 0.2) is 115 Å². The Bertz CT molecular complexity index is 632. The van der Waals surface area contributed by atoms with Crippen molar-refractivity contribution in [2.75, 3.05) is 0 Å². The van der Waals surface area contributed by atoms with E-state index in [2.05, 4.69) is 73.9 Å². The Balaban J connectivity index is 3.52. The van der Waals surface area contributed by atoms with Crippen LogP contribution >= 0.6 is 0 Å². The second kappa shape index (κ2) is 11.0. The minimum absolute atomic E-state index is 0.151. The molecule has 0 aliphatic rings. The van der Waals surface area contributed by atoms with Crippen LogP contribution in [-0.2, 0) is 0 Å². The molecule has 0 radical (unpaired) electrons. The fraction of sp³-hybridized carbons (Fsp3) is 0.130. The molecule has 118 valence electrons. The van der Waals surface area contributed by atoms with Crippen LogP contribution in [0.4, 0.5) is 0 Å². The summed E-state index contributed by atoms with van der Waals surface area (Å²) in [6.07, 6.45) is 20.3. The summed E-state index contributed by atoms with van der Waals surface area (Å²) in [7, 11) is 0. The van der Waals surface area contributed by atoms with Crippen molar-refractivity contribution in [3.63, 3.8) is 0 Å². The maximum atomic E-state index is 3.86. The van der Waals surface area contributed by atoms with Crippen molar-refractivity contribution in [2.24, 2.45) is 0 Å². The van der Waals surface area contributed by atoms with Gasteiger partial charge in [-0.2, -0.15) is 0 Å². The van der Waals surface area contributed by atoms with Crippen LogP contribution in [-0.4, -0.2) is 0 Å². The van der Waals surface area contributed by atoms with Gasteiger partial charge in [-0.1, -0.05) is 104 Å². The van der Waals surface area contributed by atoms with Crippen molar-refractivity contribution >= 4 is 0 Å². The van der Waals surface area contributed by atoms with Crippen LogP contribution in [0.5, 0.6) is 0 Å². The molecule has 0 aliphatic heterocycles. The fourth-order valence-electron chi connectivity index (χ4n) is 2.43. The molecule has 0 fully saturated rings. The number of allylic oxidation sites excluding steroid dienone is 12. The first kappa shape index (κ1) is 18.4. The summed E-state index contributed by atoms with van der Waals surface area (Å²) in [5, 5.41) is 0. The molecule has 0 aromatic heterocycles. The van der Waals surface area contributed by atoms with E-state index in [1.54, 1.807) is 6.08 Å². The Morgan fingerprint density at radius 3 is 2.09 bits per heavy atom. The highest BCUT2D eigenvalue weighted by molar-refractivity contribution is 5.49. The second-order valence-corrected chi connectivity index (χ2v) is 5.03. The molecular weight excluding hydrogens is 276 g/mol. The molecule has 0 spiro atoms. The zero-order chi connectivity index (χ0) is 16.9. The highest BCUT2D eigenvalue weighted by Crippen LogP contribution is 2.33. The van der Waals surface area contributed by atoms with Gasteiger partial charge in [0.2, 0.25) is 0 Å². The van der Waals surface area contributed by atoms with Gasteiger partial charge < -0.3 is 0 Å². The van der Waals surface area contributed by atoms with Crippen molar-refractivity contribution in [1.29, 1.82) is 0 Å². The largest absolute Gasteiger partial charge is 0.0991 e. The van der Waals surface area contributed by atoms with Gasteiger partial charge in [0.15, 0.2) is 0 Å². The summed E-state index contributed by atoms with van der Waals surface area (Å²) in [6, 6.07) is 10.5. The standard InChI is InChI=1S/C23H26/c1-5-9-16-20(14-7-3)23(22-18-12-11-13-19-22)21(15-8-4)17-10-6-2/h5-19,23H,1,3H2,2,4H3/b10-6-,15-8-,16-9-,20-14+,21-17+. The lowest BCUT2D eigenvalue weighted by atomic mass is 9.83. The van der Waals surface area contributed by atoms with Crippen LogP contribution in [0, 0.1) is 0 Å². The van der Waals surface area contributed by atoms with E-state index in [9.17, 15) is 0 Å². The predicted octanol–water partition coefficient (Wildman–Crippen LogP) is 6.70. The van der Waals surface area contributed by atoms with E-state index in [-0.39, 0.29) is 5.92 Å². The molecule has 1 unspecified atom stereocenters. The van der Waals surface area contributed by atoms with E-state index in [1.807, 2.05) is 38.1 Å². The molecule has 1 rings (SSSR count). The Labute approximate surface area is 141 Å². The first-order chi connectivity index (χ1) is 11.3. The van der Waals surface area contributed by atoms with Gasteiger partial charge in [-0.3, -0.25) is 0 Å². The average Bonchev–Trinajstić information content (AvgIpc) is 2.58. The number of rotatable bonds is 8. The van der Waals surface area contributed by atoms with Crippen molar-refractivity contribution in [1.82, 2.24) is 0 Å². The molecule has 1 atom stereocenters. The van der Waals surface area contributed by atoms with Gasteiger partial charge in [0.25, 0.3) is 0 Å².